The van der Waals surface area contributed by atoms with Crippen LogP contribution in [0.3, 0.4) is 0 Å². The maximum atomic E-state index is 15.7. The van der Waals surface area contributed by atoms with Crippen molar-refractivity contribution in [2.45, 2.75) is 32.7 Å². The number of piperazine rings is 1. The molecule has 2 aromatic carbocycles. The molecule has 1 atom stereocenters. The van der Waals surface area contributed by atoms with Crippen molar-refractivity contribution < 1.29 is 13.6 Å². The molecule has 200 valence electrons. The highest BCUT2D eigenvalue weighted by molar-refractivity contribution is 5.91. The Kier molecular flexibility index (Phi) is 6.99. The molecule has 1 saturated heterocycles. The first kappa shape index (κ1) is 26.2. The Morgan fingerprint density at radius 2 is 1.77 bits per heavy atom. The fourth-order valence-electron chi connectivity index (χ4n) is 5.16. The van der Waals surface area contributed by atoms with Gasteiger partial charge in [-0.25, -0.2) is 23.1 Å². The summed E-state index contributed by atoms with van der Waals surface area (Å²) in [7, 11) is 0. The average Bonchev–Trinajstić information content (AvgIpc) is 2.92. The molecule has 39 heavy (non-hydrogen) atoms. The van der Waals surface area contributed by atoms with Crippen LogP contribution in [0.4, 0.5) is 14.6 Å². The van der Waals surface area contributed by atoms with Gasteiger partial charge < -0.3 is 9.80 Å². The number of anilines is 1. The highest BCUT2D eigenvalue weighted by atomic mass is 19.1. The van der Waals surface area contributed by atoms with Gasteiger partial charge in [-0.05, 0) is 48.7 Å². The standard InChI is InChI=1S/C30H29F2N5O2/c1-5-26(38)35-14-15-36(19(4)17-35)28-22-16-24(32)27(21-11-6-8-12-23(21)31)33-29(22)37(30(39)34-28)25-13-9-7-10-20(25)18(2)3/h5-13,16,18-19H,1,14-15,17H2,2-4H3/t19-/m0/s1. The van der Waals surface area contributed by atoms with Crippen molar-refractivity contribution >= 4 is 22.8 Å². The van der Waals surface area contributed by atoms with Crippen molar-refractivity contribution in [3.8, 4) is 16.9 Å². The number of hydrogen-bond acceptors (Lipinski definition) is 5. The number of benzene rings is 2. The Labute approximate surface area is 225 Å². The van der Waals surface area contributed by atoms with Crippen LogP contribution in [-0.4, -0.2) is 51.0 Å². The second kappa shape index (κ2) is 10.4. The average molecular weight is 530 g/mol. The minimum absolute atomic E-state index is 0.00340. The lowest BCUT2D eigenvalue weighted by Crippen LogP contribution is -2.54. The molecule has 1 aliphatic rings. The number of carbonyl (C=O) groups excluding carboxylic acids is 1. The van der Waals surface area contributed by atoms with E-state index in [-0.39, 0.29) is 40.6 Å². The van der Waals surface area contributed by atoms with Gasteiger partial charge in [0, 0.05) is 31.2 Å². The van der Waals surface area contributed by atoms with E-state index in [2.05, 4.69) is 16.5 Å². The van der Waals surface area contributed by atoms with Crippen molar-refractivity contribution in [2.24, 2.45) is 0 Å². The number of rotatable bonds is 5. The van der Waals surface area contributed by atoms with Gasteiger partial charge >= 0.3 is 5.69 Å². The molecule has 0 aliphatic carbocycles. The second-order valence-electron chi connectivity index (χ2n) is 9.97. The predicted molar refractivity (Wildman–Crippen MR) is 148 cm³/mol. The molecule has 7 nitrogen and oxygen atoms in total. The number of carbonyl (C=O) groups is 1. The maximum Gasteiger partial charge on any atom is 0.355 e. The van der Waals surface area contributed by atoms with Crippen molar-refractivity contribution in [2.75, 3.05) is 24.5 Å². The number of aromatic nitrogens is 3. The molecular formula is C30H29F2N5O2. The molecule has 0 spiro atoms. The summed E-state index contributed by atoms with van der Waals surface area (Å²) < 4.78 is 31.8. The number of pyridine rings is 1. The van der Waals surface area contributed by atoms with Gasteiger partial charge in [0.15, 0.2) is 5.65 Å². The third-order valence-corrected chi connectivity index (χ3v) is 7.12. The lowest BCUT2D eigenvalue weighted by Gasteiger charge is -2.40. The van der Waals surface area contributed by atoms with E-state index in [4.69, 9.17) is 0 Å². The molecule has 0 unspecified atom stereocenters. The highest BCUT2D eigenvalue weighted by Gasteiger charge is 2.30. The number of hydrogen-bond donors (Lipinski definition) is 0. The van der Waals surface area contributed by atoms with Gasteiger partial charge in [0.1, 0.15) is 23.1 Å². The molecule has 3 heterocycles. The largest absolute Gasteiger partial charge is 0.355 e. The van der Waals surface area contributed by atoms with Crippen LogP contribution in [0.1, 0.15) is 32.3 Å². The number of nitrogens with zero attached hydrogens (tertiary/aromatic N) is 5. The van der Waals surface area contributed by atoms with E-state index in [1.807, 2.05) is 43.9 Å². The topological polar surface area (TPSA) is 71.3 Å². The van der Waals surface area contributed by atoms with Crippen molar-refractivity contribution in [1.29, 1.82) is 0 Å². The molecule has 0 N–H and O–H groups in total. The minimum Gasteiger partial charge on any atom is -0.350 e. The first-order chi connectivity index (χ1) is 18.7. The van der Waals surface area contributed by atoms with Crippen LogP contribution in [0.5, 0.6) is 0 Å². The Balaban J connectivity index is 1.78. The van der Waals surface area contributed by atoms with Gasteiger partial charge in [-0.3, -0.25) is 4.79 Å². The van der Waals surface area contributed by atoms with Gasteiger partial charge in [0.25, 0.3) is 0 Å². The van der Waals surface area contributed by atoms with Crippen LogP contribution >= 0.6 is 0 Å². The molecular weight excluding hydrogens is 500 g/mol. The zero-order chi connectivity index (χ0) is 27.8. The second-order valence-corrected chi connectivity index (χ2v) is 9.97. The van der Waals surface area contributed by atoms with Gasteiger partial charge in [-0.15, -0.1) is 0 Å². The zero-order valence-corrected chi connectivity index (χ0v) is 22.1. The molecule has 4 aromatic rings. The van der Waals surface area contributed by atoms with Crippen LogP contribution < -0.4 is 10.6 Å². The van der Waals surface area contributed by atoms with E-state index in [0.717, 1.165) is 5.56 Å². The fraction of sp³-hybridized carbons (Fsp3) is 0.267. The Bertz CT molecular complexity index is 1650. The molecule has 1 amide bonds. The molecule has 1 aliphatic heterocycles. The van der Waals surface area contributed by atoms with Gasteiger partial charge in [-0.1, -0.05) is 50.8 Å². The van der Waals surface area contributed by atoms with Crippen LogP contribution in [-0.2, 0) is 4.79 Å². The first-order valence-corrected chi connectivity index (χ1v) is 12.9. The van der Waals surface area contributed by atoms with Gasteiger partial charge in [0.05, 0.1) is 11.1 Å². The number of fused-ring (bicyclic) bond motifs is 1. The number of amides is 1. The summed E-state index contributed by atoms with van der Waals surface area (Å²) in [6.45, 7) is 10.6. The normalized spacial score (nSPS) is 15.7. The summed E-state index contributed by atoms with van der Waals surface area (Å²) in [5.41, 5.74) is 0.864. The number of para-hydroxylation sites is 1. The highest BCUT2D eigenvalue weighted by Crippen LogP contribution is 2.33. The van der Waals surface area contributed by atoms with E-state index < -0.39 is 17.3 Å². The summed E-state index contributed by atoms with van der Waals surface area (Å²) >= 11 is 0. The van der Waals surface area contributed by atoms with E-state index in [9.17, 15) is 14.0 Å². The summed E-state index contributed by atoms with van der Waals surface area (Å²) in [6, 6.07) is 14.3. The van der Waals surface area contributed by atoms with Crippen molar-refractivity contribution in [3.63, 3.8) is 0 Å². The molecule has 0 bridgehead atoms. The molecule has 1 fully saturated rings. The lowest BCUT2D eigenvalue weighted by atomic mass is 10.0. The molecule has 2 aromatic heterocycles. The minimum atomic E-state index is -0.730. The van der Waals surface area contributed by atoms with E-state index in [1.54, 1.807) is 17.0 Å². The Morgan fingerprint density at radius 3 is 2.46 bits per heavy atom. The SMILES string of the molecule is C=CC(=O)N1CCN(c2nc(=O)n(-c3ccccc3C(C)C)c3nc(-c4ccccc4F)c(F)cc23)[C@@H](C)C1. The first-order valence-electron chi connectivity index (χ1n) is 12.9. The summed E-state index contributed by atoms with van der Waals surface area (Å²) in [4.78, 5) is 38.5. The van der Waals surface area contributed by atoms with E-state index in [1.165, 1.54) is 34.9 Å². The summed E-state index contributed by atoms with van der Waals surface area (Å²) in [6.07, 6.45) is 1.27. The molecule has 0 radical (unpaired) electrons. The van der Waals surface area contributed by atoms with Crippen molar-refractivity contribution in [1.82, 2.24) is 19.4 Å². The van der Waals surface area contributed by atoms with Gasteiger partial charge in [0.2, 0.25) is 5.91 Å². The third kappa shape index (κ3) is 4.69. The van der Waals surface area contributed by atoms with Crippen LogP contribution in [0.15, 0.2) is 72.0 Å². The quantitative estimate of drug-likeness (QED) is 0.338. The Hall–Kier alpha value is -4.40. The number of halogens is 2. The monoisotopic (exact) mass is 529 g/mol. The van der Waals surface area contributed by atoms with Gasteiger partial charge in [-0.2, -0.15) is 4.98 Å². The third-order valence-electron chi connectivity index (χ3n) is 7.12. The molecule has 9 heteroatoms. The van der Waals surface area contributed by atoms with E-state index in [0.29, 0.717) is 30.7 Å². The zero-order valence-electron chi connectivity index (χ0n) is 22.1. The Morgan fingerprint density at radius 1 is 1.05 bits per heavy atom. The maximum absolute atomic E-state index is 15.7. The van der Waals surface area contributed by atoms with Crippen LogP contribution in [0, 0.1) is 11.6 Å². The fourth-order valence-corrected chi connectivity index (χ4v) is 5.16. The molecule has 5 rings (SSSR count). The van der Waals surface area contributed by atoms with Crippen molar-refractivity contribution in [3.05, 3.63) is 94.9 Å². The smallest absolute Gasteiger partial charge is 0.350 e. The van der Waals surface area contributed by atoms with Crippen LogP contribution in [0.2, 0.25) is 0 Å². The predicted octanol–water partition coefficient (Wildman–Crippen LogP) is 5.07. The summed E-state index contributed by atoms with van der Waals surface area (Å²) in [5.74, 6) is -1.18. The van der Waals surface area contributed by atoms with E-state index >= 15 is 4.39 Å². The lowest BCUT2D eigenvalue weighted by molar-refractivity contribution is -0.126. The summed E-state index contributed by atoms with van der Waals surface area (Å²) in [5, 5.41) is 0.320. The molecule has 0 saturated carbocycles. The van der Waals surface area contributed by atoms with Crippen LogP contribution in [0.25, 0.3) is 28.0 Å².